The highest BCUT2D eigenvalue weighted by atomic mass is 16.2. The highest BCUT2D eigenvalue weighted by Crippen LogP contribution is 2.16. The standard InChI is InChI=1S/C13H19N3O2/c1-9(17)15-10-5-4-6-11(7-10)16-12(18)8-13(2,3)14/h4-7H,8,14H2,1-3H3,(H,15,17)(H,16,18). The first-order valence-electron chi connectivity index (χ1n) is 5.73. The summed E-state index contributed by atoms with van der Waals surface area (Å²) in [4.78, 5) is 22.6. The van der Waals surface area contributed by atoms with Gasteiger partial charge in [0.25, 0.3) is 0 Å². The molecule has 18 heavy (non-hydrogen) atoms. The van der Waals surface area contributed by atoms with Crippen molar-refractivity contribution in [1.82, 2.24) is 0 Å². The van der Waals surface area contributed by atoms with Crippen LogP contribution < -0.4 is 16.4 Å². The number of carbonyl (C=O) groups is 2. The summed E-state index contributed by atoms with van der Waals surface area (Å²) in [5, 5.41) is 5.39. The van der Waals surface area contributed by atoms with Crippen LogP contribution in [0.2, 0.25) is 0 Å². The van der Waals surface area contributed by atoms with Gasteiger partial charge in [0.2, 0.25) is 11.8 Å². The highest BCUT2D eigenvalue weighted by Gasteiger charge is 2.16. The number of carbonyl (C=O) groups excluding carboxylic acids is 2. The normalized spacial score (nSPS) is 10.9. The summed E-state index contributed by atoms with van der Waals surface area (Å²) in [6.07, 6.45) is 0.233. The van der Waals surface area contributed by atoms with E-state index in [1.54, 1.807) is 38.1 Å². The van der Waals surface area contributed by atoms with E-state index in [0.29, 0.717) is 11.4 Å². The molecule has 5 heteroatoms. The van der Waals surface area contributed by atoms with Crippen LogP contribution in [0, 0.1) is 0 Å². The van der Waals surface area contributed by atoms with Crippen molar-refractivity contribution in [2.75, 3.05) is 10.6 Å². The number of hydrogen-bond donors (Lipinski definition) is 3. The summed E-state index contributed by atoms with van der Waals surface area (Å²) in [5.41, 5.74) is 6.51. The molecule has 0 atom stereocenters. The maximum absolute atomic E-state index is 11.7. The van der Waals surface area contributed by atoms with E-state index in [4.69, 9.17) is 5.73 Å². The minimum absolute atomic E-state index is 0.150. The number of benzene rings is 1. The summed E-state index contributed by atoms with van der Waals surface area (Å²) < 4.78 is 0. The second-order valence-corrected chi connectivity index (χ2v) is 4.98. The van der Waals surface area contributed by atoms with Gasteiger partial charge in [-0.3, -0.25) is 9.59 Å². The van der Waals surface area contributed by atoms with Gasteiger partial charge in [-0.05, 0) is 32.0 Å². The van der Waals surface area contributed by atoms with Crippen LogP contribution in [0.25, 0.3) is 0 Å². The Morgan fingerprint density at radius 2 is 1.78 bits per heavy atom. The van der Waals surface area contributed by atoms with Crippen molar-refractivity contribution < 1.29 is 9.59 Å². The summed E-state index contributed by atoms with van der Waals surface area (Å²) in [6.45, 7) is 5.02. The first-order valence-corrected chi connectivity index (χ1v) is 5.73. The number of nitrogens with one attached hydrogen (secondary N) is 2. The van der Waals surface area contributed by atoms with Gasteiger partial charge in [-0.2, -0.15) is 0 Å². The predicted octanol–water partition coefficient (Wildman–Crippen LogP) is 1.71. The van der Waals surface area contributed by atoms with Crippen molar-refractivity contribution in [3.05, 3.63) is 24.3 Å². The third kappa shape index (κ3) is 5.45. The van der Waals surface area contributed by atoms with Crippen LogP contribution in [0.15, 0.2) is 24.3 Å². The molecular weight excluding hydrogens is 230 g/mol. The van der Waals surface area contributed by atoms with Crippen LogP contribution in [0.1, 0.15) is 27.2 Å². The van der Waals surface area contributed by atoms with E-state index >= 15 is 0 Å². The van der Waals surface area contributed by atoms with Crippen LogP contribution >= 0.6 is 0 Å². The molecule has 1 rings (SSSR count). The molecule has 0 aliphatic heterocycles. The van der Waals surface area contributed by atoms with E-state index in [2.05, 4.69) is 10.6 Å². The number of nitrogens with two attached hydrogens (primary N) is 1. The van der Waals surface area contributed by atoms with Crippen molar-refractivity contribution in [1.29, 1.82) is 0 Å². The molecule has 0 bridgehead atoms. The number of amides is 2. The summed E-state index contributed by atoms with van der Waals surface area (Å²) in [5.74, 6) is -0.302. The third-order valence-electron chi connectivity index (χ3n) is 2.08. The van der Waals surface area contributed by atoms with Crippen LogP contribution in [-0.4, -0.2) is 17.4 Å². The molecule has 1 aromatic rings. The fraction of sp³-hybridized carbons (Fsp3) is 0.385. The molecule has 4 N–H and O–H groups in total. The Morgan fingerprint density at radius 3 is 2.28 bits per heavy atom. The van der Waals surface area contributed by atoms with Gasteiger partial charge in [0.15, 0.2) is 0 Å². The topological polar surface area (TPSA) is 84.2 Å². The van der Waals surface area contributed by atoms with E-state index in [9.17, 15) is 9.59 Å². The molecule has 0 saturated heterocycles. The Labute approximate surface area is 107 Å². The number of anilines is 2. The Morgan fingerprint density at radius 1 is 1.22 bits per heavy atom. The van der Waals surface area contributed by atoms with Crippen molar-refractivity contribution in [2.45, 2.75) is 32.7 Å². The minimum atomic E-state index is -0.542. The summed E-state index contributed by atoms with van der Waals surface area (Å²) >= 11 is 0. The fourth-order valence-electron chi connectivity index (χ4n) is 1.50. The summed E-state index contributed by atoms with van der Waals surface area (Å²) in [7, 11) is 0. The van der Waals surface area contributed by atoms with Crippen LogP contribution in [-0.2, 0) is 9.59 Å². The van der Waals surface area contributed by atoms with Gasteiger partial charge in [-0.1, -0.05) is 6.07 Å². The zero-order chi connectivity index (χ0) is 13.8. The quantitative estimate of drug-likeness (QED) is 0.759. The molecule has 0 aliphatic carbocycles. The zero-order valence-corrected chi connectivity index (χ0v) is 10.9. The summed E-state index contributed by atoms with van der Waals surface area (Å²) in [6, 6.07) is 6.97. The monoisotopic (exact) mass is 249 g/mol. The molecule has 1 aromatic carbocycles. The molecule has 2 amide bonds. The lowest BCUT2D eigenvalue weighted by molar-refractivity contribution is -0.117. The number of rotatable bonds is 4. The lowest BCUT2D eigenvalue weighted by atomic mass is 10.0. The molecular formula is C13H19N3O2. The molecule has 98 valence electrons. The van der Waals surface area contributed by atoms with Gasteiger partial charge in [-0.15, -0.1) is 0 Å². The van der Waals surface area contributed by atoms with E-state index in [1.807, 2.05) is 0 Å². The van der Waals surface area contributed by atoms with E-state index < -0.39 is 5.54 Å². The van der Waals surface area contributed by atoms with Crippen LogP contribution in [0.4, 0.5) is 11.4 Å². The van der Waals surface area contributed by atoms with Gasteiger partial charge in [0, 0.05) is 30.3 Å². The van der Waals surface area contributed by atoms with Gasteiger partial charge >= 0.3 is 0 Å². The average Bonchev–Trinajstić information content (AvgIpc) is 2.13. The van der Waals surface area contributed by atoms with Crippen molar-refractivity contribution in [3.63, 3.8) is 0 Å². The van der Waals surface area contributed by atoms with Gasteiger partial charge in [-0.25, -0.2) is 0 Å². The molecule has 0 radical (unpaired) electrons. The number of hydrogen-bond acceptors (Lipinski definition) is 3. The first kappa shape index (κ1) is 14.2. The Kier molecular flexibility index (Phi) is 4.44. The fourth-order valence-corrected chi connectivity index (χ4v) is 1.50. The van der Waals surface area contributed by atoms with Crippen molar-refractivity contribution in [3.8, 4) is 0 Å². The molecule has 0 aromatic heterocycles. The second-order valence-electron chi connectivity index (χ2n) is 4.98. The Bertz CT molecular complexity index is 450. The lowest BCUT2D eigenvalue weighted by Crippen LogP contribution is -2.36. The first-order chi connectivity index (χ1) is 8.26. The SMILES string of the molecule is CC(=O)Nc1cccc(NC(=O)CC(C)(C)N)c1. The highest BCUT2D eigenvalue weighted by molar-refractivity contribution is 5.93. The van der Waals surface area contributed by atoms with Gasteiger partial charge in [0.05, 0.1) is 0 Å². The molecule has 0 aliphatic rings. The second kappa shape index (κ2) is 5.64. The Balaban J connectivity index is 2.67. The maximum Gasteiger partial charge on any atom is 0.226 e. The molecule has 0 fully saturated rings. The minimum Gasteiger partial charge on any atom is -0.326 e. The zero-order valence-electron chi connectivity index (χ0n) is 10.9. The maximum atomic E-state index is 11.7. The van der Waals surface area contributed by atoms with E-state index in [-0.39, 0.29) is 18.2 Å². The van der Waals surface area contributed by atoms with E-state index in [1.165, 1.54) is 6.92 Å². The van der Waals surface area contributed by atoms with Gasteiger partial charge in [0.1, 0.15) is 0 Å². The Hall–Kier alpha value is -1.88. The van der Waals surface area contributed by atoms with Crippen molar-refractivity contribution in [2.24, 2.45) is 5.73 Å². The molecule has 0 saturated carbocycles. The molecule has 5 nitrogen and oxygen atoms in total. The largest absolute Gasteiger partial charge is 0.326 e. The van der Waals surface area contributed by atoms with Crippen molar-refractivity contribution >= 4 is 23.2 Å². The molecule has 0 unspecified atom stereocenters. The smallest absolute Gasteiger partial charge is 0.226 e. The average molecular weight is 249 g/mol. The van der Waals surface area contributed by atoms with Crippen LogP contribution in [0.5, 0.6) is 0 Å². The van der Waals surface area contributed by atoms with Gasteiger partial charge < -0.3 is 16.4 Å². The molecule has 0 spiro atoms. The van der Waals surface area contributed by atoms with Crippen LogP contribution in [0.3, 0.4) is 0 Å². The predicted molar refractivity (Wildman–Crippen MR) is 72.3 cm³/mol. The molecule has 0 heterocycles. The lowest BCUT2D eigenvalue weighted by Gasteiger charge is -2.17. The third-order valence-corrected chi connectivity index (χ3v) is 2.08. The van der Waals surface area contributed by atoms with E-state index in [0.717, 1.165) is 0 Å².